The number of anilines is 1. The van der Waals surface area contributed by atoms with Gasteiger partial charge in [0, 0.05) is 24.0 Å². The van der Waals surface area contributed by atoms with E-state index in [1.807, 2.05) is 0 Å². The number of aryl methyl sites for hydroxylation is 1. The summed E-state index contributed by atoms with van der Waals surface area (Å²) in [6.07, 6.45) is -6.49. The second kappa shape index (κ2) is 9.00. The predicted octanol–water partition coefficient (Wildman–Crippen LogP) is 6.00. The van der Waals surface area contributed by atoms with E-state index in [2.05, 4.69) is 15.6 Å². The Morgan fingerprint density at radius 1 is 0.971 bits per heavy atom. The Balaban J connectivity index is 1.74. The first-order valence-electron chi connectivity index (χ1n) is 10.4. The summed E-state index contributed by atoms with van der Waals surface area (Å²) >= 11 is 0. The minimum Gasteiger partial charge on any atom is -0.385 e. The van der Waals surface area contributed by atoms with Crippen molar-refractivity contribution in [2.24, 2.45) is 0 Å². The van der Waals surface area contributed by atoms with Crippen molar-refractivity contribution in [3.63, 3.8) is 0 Å². The van der Waals surface area contributed by atoms with Crippen LogP contribution in [0.4, 0.5) is 32.0 Å². The SMILES string of the molecule is O=C(N[C@@H](c1ccc(C(F)(F)F)cc1)c1ncccc1C(F)(F)F)c1ccc2c(c1)NCCC2. The van der Waals surface area contributed by atoms with Crippen LogP contribution in [-0.2, 0) is 18.8 Å². The van der Waals surface area contributed by atoms with Gasteiger partial charge in [0.25, 0.3) is 5.91 Å². The van der Waals surface area contributed by atoms with Gasteiger partial charge >= 0.3 is 12.4 Å². The summed E-state index contributed by atoms with van der Waals surface area (Å²) in [5.74, 6) is -0.682. The summed E-state index contributed by atoms with van der Waals surface area (Å²) in [7, 11) is 0. The molecule has 0 saturated heterocycles. The molecule has 4 nitrogen and oxygen atoms in total. The highest BCUT2D eigenvalue weighted by molar-refractivity contribution is 5.96. The smallest absolute Gasteiger partial charge is 0.385 e. The minimum absolute atomic E-state index is 0.0293. The van der Waals surface area contributed by atoms with Crippen LogP contribution in [0.3, 0.4) is 0 Å². The minimum atomic E-state index is -4.78. The number of amides is 1. The highest BCUT2D eigenvalue weighted by Gasteiger charge is 2.37. The maximum Gasteiger partial charge on any atom is 0.418 e. The van der Waals surface area contributed by atoms with Crippen LogP contribution in [0.2, 0.25) is 0 Å². The summed E-state index contributed by atoms with van der Waals surface area (Å²) in [5, 5.41) is 5.71. The highest BCUT2D eigenvalue weighted by Crippen LogP contribution is 2.37. The van der Waals surface area contributed by atoms with Crippen molar-refractivity contribution in [2.45, 2.75) is 31.2 Å². The van der Waals surface area contributed by atoms with Gasteiger partial charge in [-0.1, -0.05) is 18.2 Å². The maximum absolute atomic E-state index is 13.7. The molecule has 10 heteroatoms. The molecule has 178 valence electrons. The van der Waals surface area contributed by atoms with Crippen LogP contribution in [0.1, 0.15) is 50.8 Å². The van der Waals surface area contributed by atoms with Gasteiger partial charge in [-0.2, -0.15) is 26.3 Å². The fourth-order valence-corrected chi connectivity index (χ4v) is 3.88. The van der Waals surface area contributed by atoms with E-state index in [9.17, 15) is 31.1 Å². The van der Waals surface area contributed by atoms with E-state index in [1.165, 1.54) is 0 Å². The molecule has 1 amide bonds. The van der Waals surface area contributed by atoms with Crippen molar-refractivity contribution >= 4 is 11.6 Å². The zero-order valence-corrected chi connectivity index (χ0v) is 17.6. The summed E-state index contributed by atoms with van der Waals surface area (Å²) in [6, 6.07) is 9.02. The van der Waals surface area contributed by atoms with Crippen molar-refractivity contribution in [1.29, 1.82) is 0 Å². The van der Waals surface area contributed by atoms with Gasteiger partial charge in [-0.25, -0.2) is 0 Å². The first-order chi connectivity index (χ1) is 16.0. The molecular weight excluding hydrogens is 460 g/mol. The summed E-state index contributed by atoms with van der Waals surface area (Å²) in [6.45, 7) is 0.731. The van der Waals surface area contributed by atoms with Crippen LogP contribution in [-0.4, -0.2) is 17.4 Å². The van der Waals surface area contributed by atoms with Crippen LogP contribution in [0.15, 0.2) is 60.8 Å². The Morgan fingerprint density at radius 3 is 2.38 bits per heavy atom. The van der Waals surface area contributed by atoms with E-state index in [4.69, 9.17) is 0 Å². The fourth-order valence-electron chi connectivity index (χ4n) is 3.88. The molecule has 0 aliphatic carbocycles. The number of hydrogen-bond donors (Lipinski definition) is 2. The van der Waals surface area contributed by atoms with Crippen LogP contribution in [0, 0.1) is 0 Å². The van der Waals surface area contributed by atoms with Gasteiger partial charge in [-0.15, -0.1) is 0 Å². The Morgan fingerprint density at radius 2 is 1.71 bits per heavy atom. The van der Waals surface area contributed by atoms with Gasteiger partial charge in [0.15, 0.2) is 0 Å². The molecule has 0 saturated carbocycles. The molecule has 3 aromatic rings. The van der Waals surface area contributed by atoms with Gasteiger partial charge < -0.3 is 10.6 Å². The van der Waals surface area contributed by atoms with E-state index in [-0.39, 0.29) is 11.1 Å². The van der Waals surface area contributed by atoms with E-state index >= 15 is 0 Å². The summed E-state index contributed by atoms with van der Waals surface area (Å²) in [5.41, 5.74) is -0.549. The van der Waals surface area contributed by atoms with Crippen LogP contribution in [0.5, 0.6) is 0 Å². The number of fused-ring (bicyclic) bond motifs is 1. The first-order valence-corrected chi connectivity index (χ1v) is 10.4. The number of aromatic nitrogens is 1. The van der Waals surface area contributed by atoms with Gasteiger partial charge in [-0.05, 0) is 60.4 Å². The number of carbonyl (C=O) groups excluding carboxylic acids is 1. The van der Waals surface area contributed by atoms with E-state index < -0.39 is 41.1 Å². The molecule has 34 heavy (non-hydrogen) atoms. The maximum atomic E-state index is 13.7. The molecule has 0 bridgehead atoms. The van der Waals surface area contributed by atoms with Gasteiger partial charge in [0.2, 0.25) is 0 Å². The molecule has 0 spiro atoms. The summed E-state index contributed by atoms with van der Waals surface area (Å²) in [4.78, 5) is 16.9. The fraction of sp³-hybridized carbons (Fsp3) is 0.250. The lowest BCUT2D eigenvalue weighted by Gasteiger charge is -2.23. The number of pyridine rings is 1. The molecule has 2 aromatic carbocycles. The topological polar surface area (TPSA) is 54.0 Å². The molecular formula is C24H19F6N3O. The molecule has 1 aliphatic rings. The second-order valence-electron chi connectivity index (χ2n) is 7.86. The van der Waals surface area contributed by atoms with Gasteiger partial charge in [-0.3, -0.25) is 9.78 Å². The lowest BCUT2D eigenvalue weighted by molar-refractivity contribution is -0.139. The Hall–Kier alpha value is -3.56. The lowest BCUT2D eigenvalue weighted by atomic mass is 9.96. The standard InChI is InChI=1S/C24H19F6N3O/c25-23(26,27)17-9-7-15(8-10-17)20(21-18(24(28,29)30)4-2-12-32-21)33-22(34)16-6-5-14-3-1-11-31-19(14)13-16/h2,4-10,12-13,20,31H,1,3,11H2,(H,33,34)/t20-/m0/s1. The Labute approximate surface area is 191 Å². The first kappa shape index (κ1) is 23.6. The normalized spacial score (nSPS) is 14.6. The number of benzene rings is 2. The molecule has 2 N–H and O–H groups in total. The number of nitrogens with zero attached hydrogens (tertiary/aromatic N) is 1. The quantitative estimate of drug-likeness (QED) is 0.452. The number of nitrogens with one attached hydrogen (secondary N) is 2. The Kier molecular flexibility index (Phi) is 6.24. The molecule has 4 rings (SSSR count). The molecule has 0 unspecified atom stereocenters. The van der Waals surface area contributed by atoms with Crippen molar-refractivity contribution in [3.8, 4) is 0 Å². The van der Waals surface area contributed by atoms with Gasteiger partial charge in [0.05, 0.1) is 22.9 Å². The van der Waals surface area contributed by atoms with Gasteiger partial charge in [0.1, 0.15) is 0 Å². The average molecular weight is 479 g/mol. The van der Waals surface area contributed by atoms with Crippen molar-refractivity contribution < 1.29 is 31.1 Å². The van der Waals surface area contributed by atoms with E-state index in [1.54, 1.807) is 18.2 Å². The summed E-state index contributed by atoms with van der Waals surface area (Å²) < 4.78 is 80.0. The number of rotatable bonds is 4. The molecule has 2 heterocycles. The molecule has 1 aromatic heterocycles. The Bertz CT molecular complexity index is 1190. The molecule has 1 atom stereocenters. The van der Waals surface area contributed by atoms with E-state index in [0.29, 0.717) is 0 Å². The van der Waals surface area contributed by atoms with Crippen molar-refractivity contribution in [3.05, 3.63) is 94.3 Å². The third-order valence-electron chi connectivity index (χ3n) is 5.57. The van der Waals surface area contributed by atoms with Crippen LogP contribution < -0.4 is 10.6 Å². The van der Waals surface area contributed by atoms with E-state index in [0.717, 1.165) is 73.2 Å². The zero-order chi connectivity index (χ0) is 24.5. The average Bonchev–Trinajstić information content (AvgIpc) is 2.81. The predicted molar refractivity (Wildman–Crippen MR) is 113 cm³/mol. The third kappa shape index (κ3) is 5.00. The highest BCUT2D eigenvalue weighted by atomic mass is 19.4. The zero-order valence-electron chi connectivity index (χ0n) is 17.6. The second-order valence-corrected chi connectivity index (χ2v) is 7.86. The monoisotopic (exact) mass is 479 g/mol. The van der Waals surface area contributed by atoms with Crippen molar-refractivity contribution in [2.75, 3.05) is 11.9 Å². The largest absolute Gasteiger partial charge is 0.418 e. The molecule has 0 fully saturated rings. The number of carbonyl (C=O) groups is 1. The molecule has 1 aliphatic heterocycles. The van der Waals surface area contributed by atoms with Crippen LogP contribution in [0.25, 0.3) is 0 Å². The number of alkyl halides is 6. The number of halogens is 6. The van der Waals surface area contributed by atoms with Crippen LogP contribution >= 0.6 is 0 Å². The molecule has 0 radical (unpaired) electrons. The number of hydrogen-bond acceptors (Lipinski definition) is 3. The third-order valence-corrected chi connectivity index (χ3v) is 5.57. The van der Waals surface area contributed by atoms with Crippen molar-refractivity contribution in [1.82, 2.24) is 10.3 Å². The lowest BCUT2D eigenvalue weighted by Crippen LogP contribution is -2.32.